The summed E-state index contributed by atoms with van der Waals surface area (Å²) in [4.78, 5) is 0. The molecular weight excluding hydrogens is 188 g/mol. The molecule has 2 saturated carbocycles. The van der Waals surface area contributed by atoms with Gasteiger partial charge in [0.2, 0.25) is 0 Å². The first-order chi connectivity index (χ1) is 4.65. The molecule has 2 aliphatic carbocycles. The van der Waals surface area contributed by atoms with Gasteiger partial charge in [-0.25, -0.2) is 0 Å². The Morgan fingerprint density at radius 3 is 2.10 bits per heavy atom. The van der Waals surface area contributed by atoms with Gasteiger partial charge in [-0.1, -0.05) is 36.2 Å². The van der Waals surface area contributed by atoms with E-state index >= 15 is 0 Å². The summed E-state index contributed by atoms with van der Waals surface area (Å²) in [7, 11) is 0. The van der Waals surface area contributed by atoms with Crippen molar-refractivity contribution in [2.45, 2.75) is 33.1 Å². The van der Waals surface area contributed by atoms with E-state index in [0.717, 1.165) is 11.3 Å². The monoisotopic (exact) mass is 202 g/mol. The van der Waals surface area contributed by atoms with Crippen molar-refractivity contribution < 1.29 is 0 Å². The van der Waals surface area contributed by atoms with Gasteiger partial charge in [-0.3, -0.25) is 0 Å². The number of hydrogen-bond acceptors (Lipinski definition) is 0. The molecule has 0 heterocycles. The van der Waals surface area contributed by atoms with Gasteiger partial charge in [0.1, 0.15) is 0 Å². The summed E-state index contributed by atoms with van der Waals surface area (Å²) < 4.78 is 0. The van der Waals surface area contributed by atoms with E-state index in [0.29, 0.717) is 5.41 Å². The lowest BCUT2D eigenvalue weighted by Gasteiger charge is -2.29. The Labute approximate surface area is 71.5 Å². The lowest BCUT2D eigenvalue weighted by molar-refractivity contribution is 0.215. The Morgan fingerprint density at radius 1 is 1.40 bits per heavy atom. The minimum absolute atomic E-state index is 0.661. The van der Waals surface area contributed by atoms with Crippen molar-refractivity contribution in [2.24, 2.45) is 16.7 Å². The highest BCUT2D eigenvalue weighted by Gasteiger charge is 2.71. The zero-order chi connectivity index (χ0) is 7.41. The first-order valence-corrected chi connectivity index (χ1v) is 5.33. The predicted octanol–water partition coefficient (Wildman–Crippen LogP) is 3.21. The van der Waals surface area contributed by atoms with Crippen LogP contribution in [0.5, 0.6) is 0 Å². The van der Waals surface area contributed by atoms with Crippen molar-refractivity contribution in [3.8, 4) is 0 Å². The van der Waals surface area contributed by atoms with Crippen LogP contribution in [0.2, 0.25) is 0 Å². The highest BCUT2D eigenvalue weighted by molar-refractivity contribution is 9.09. The maximum absolute atomic E-state index is 3.60. The van der Waals surface area contributed by atoms with Crippen LogP contribution < -0.4 is 0 Å². The van der Waals surface area contributed by atoms with E-state index in [1.54, 1.807) is 0 Å². The molecule has 0 aliphatic heterocycles. The average Bonchev–Trinajstić information content (AvgIpc) is 2.25. The second-order valence-corrected chi connectivity index (χ2v) is 5.09. The van der Waals surface area contributed by atoms with Crippen LogP contribution in [-0.4, -0.2) is 5.33 Å². The summed E-state index contributed by atoms with van der Waals surface area (Å²) in [5.41, 5.74) is 1.45. The summed E-state index contributed by atoms with van der Waals surface area (Å²) in [5.74, 6) is 0.980. The van der Waals surface area contributed by atoms with Crippen LogP contribution in [-0.2, 0) is 0 Å². The van der Waals surface area contributed by atoms with E-state index in [-0.39, 0.29) is 0 Å². The fraction of sp³-hybridized carbons (Fsp3) is 1.00. The predicted molar refractivity (Wildman–Crippen MR) is 47.3 cm³/mol. The smallest absolute Gasteiger partial charge is 0.00704 e. The second-order valence-electron chi connectivity index (χ2n) is 4.44. The fourth-order valence-corrected chi connectivity index (χ4v) is 4.38. The van der Waals surface area contributed by atoms with Gasteiger partial charge in [0.05, 0.1) is 0 Å². The Morgan fingerprint density at radius 2 is 2.00 bits per heavy atom. The largest absolute Gasteiger partial charge is 0.0925 e. The molecule has 1 unspecified atom stereocenters. The average molecular weight is 203 g/mol. The van der Waals surface area contributed by atoms with Gasteiger partial charge < -0.3 is 0 Å². The van der Waals surface area contributed by atoms with Crippen LogP contribution >= 0.6 is 15.9 Å². The highest BCUT2D eigenvalue weighted by Crippen LogP contribution is 2.78. The van der Waals surface area contributed by atoms with Crippen molar-refractivity contribution in [1.82, 2.24) is 0 Å². The van der Waals surface area contributed by atoms with Crippen molar-refractivity contribution in [2.75, 3.05) is 5.33 Å². The molecular formula is C9H15Br. The van der Waals surface area contributed by atoms with Crippen LogP contribution in [0, 0.1) is 16.7 Å². The standard InChI is InChI=1S/C9H15Br/c1-8(2)7(6-10)9(8)4-3-5-9/h7H,3-6H2,1-2H3. The van der Waals surface area contributed by atoms with Crippen molar-refractivity contribution >= 4 is 15.9 Å². The first-order valence-electron chi connectivity index (χ1n) is 4.21. The van der Waals surface area contributed by atoms with Gasteiger partial charge in [-0.2, -0.15) is 0 Å². The third-order valence-corrected chi connectivity index (χ3v) is 4.79. The van der Waals surface area contributed by atoms with Crippen molar-refractivity contribution in [1.29, 1.82) is 0 Å². The molecule has 58 valence electrons. The van der Waals surface area contributed by atoms with Crippen molar-refractivity contribution in [3.63, 3.8) is 0 Å². The number of alkyl halides is 1. The highest BCUT2D eigenvalue weighted by atomic mass is 79.9. The molecule has 0 nitrogen and oxygen atoms in total. The normalized spacial score (nSPS) is 39.3. The van der Waals surface area contributed by atoms with E-state index in [2.05, 4.69) is 29.8 Å². The summed E-state index contributed by atoms with van der Waals surface area (Å²) >= 11 is 3.60. The zero-order valence-corrected chi connectivity index (χ0v) is 8.37. The molecule has 0 bridgehead atoms. The van der Waals surface area contributed by atoms with E-state index in [9.17, 15) is 0 Å². The molecule has 0 saturated heterocycles. The molecule has 0 aromatic heterocycles. The molecule has 10 heavy (non-hydrogen) atoms. The zero-order valence-electron chi connectivity index (χ0n) is 6.78. The van der Waals surface area contributed by atoms with Crippen LogP contribution in [0.25, 0.3) is 0 Å². The topological polar surface area (TPSA) is 0 Å². The van der Waals surface area contributed by atoms with Crippen LogP contribution in [0.4, 0.5) is 0 Å². The summed E-state index contributed by atoms with van der Waals surface area (Å²) in [6.45, 7) is 4.86. The van der Waals surface area contributed by atoms with Crippen LogP contribution in [0.3, 0.4) is 0 Å². The molecule has 1 atom stereocenters. The van der Waals surface area contributed by atoms with Crippen molar-refractivity contribution in [3.05, 3.63) is 0 Å². The first kappa shape index (κ1) is 7.15. The maximum atomic E-state index is 3.60. The molecule has 2 aliphatic rings. The minimum Gasteiger partial charge on any atom is -0.0925 e. The van der Waals surface area contributed by atoms with Gasteiger partial charge in [0, 0.05) is 5.33 Å². The Bertz CT molecular complexity index is 156. The molecule has 0 aromatic rings. The second kappa shape index (κ2) is 1.80. The Hall–Kier alpha value is 0.480. The van der Waals surface area contributed by atoms with E-state index < -0.39 is 0 Å². The summed E-state index contributed by atoms with van der Waals surface area (Å²) in [6.07, 6.45) is 4.47. The lowest BCUT2D eigenvalue weighted by atomic mass is 9.76. The molecule has 0 amide bonds. The quantitative estimate of drug-likeness (QED) is 0.574. The van der Waals surface area contributed by atoms with Gasteiger partial charge >= 0.3 is 0 Å². The summed E-state index contributed by atoms with van der Waals surface area (Å²) in [6, 6.07) is 0. The van der Waals surface area contributed by atoms with Gasteiger partial charge in [-0.05, 0) is 29.6 Å². The van der Waals surface area contributed by atoms with Crippen LogP contribution in [0.1, 0.15) is 33.1 Å². The summed E-state index contributed by atoms with van der Waals surface area (Å²) in [5, 5.41) is 1.22. The third-order valence-electron chi connectivity index (χ3n) is 4.14. The van der Waals surface area contributed by atoms with Gasteiger partial charge in [0.15, 0.2) is 0 Å². The Balaban J connectivity index is 2.14. The SMILES string of the molecule is CC1(C)C(CBr)C12CCC2. The third kappa shape index (κ3) is 0.546. The fourth-order valence-electron chi connectivity index (χ4n) is 2.95. The molecule has 0 aromatic carbocycles. The number of rotatable bonds is 1. The number of halogens is 1. The van der Waals surface area contributed by atoms with Crippen LogP contribution in [0.15, 0.2) is 0 Å². The number of hydrogen-bond donors (Lipinski definition) is 0. The van der Waals surface area contributed by atoms with E-state index in [1.807, 2.05) is 0 Å². The van der Waals surface area contributed by atoms with Gasteiger partial charge in [0.25, 0.3) is 0 Å². The van der Waals surface area contributed by atoms with E-state index in [4.69, 9.17) is 0 Å². The molecule has 2 rings (SSSR count). The lowest BCUT2D eigenvalue weighted by Crippen LogP contribution is -2.18. The maximum Gasteiger partial charge on any atom is 0.00704 e. The molecule has 1 heteroatoms. The van der Waals surface area contributed by atoms with E-state index in [1.165, 1.54) is 24.6 Å². The molecule has 2 fully saturated rings. The minimum atomic E-state index is 0.661. The Kier molecular flexibility index (Phi) is 1.28. The van der Waals surface area contributed by atoms with Gasteiger partial charge in [-0.15, -0.1) is 0 Å². The molecule has 0 N–H and O–H groups in total. The molecule has 1 spiro atoms. The molecule has 0 radical (unpaired) electrons.